The first-order valence-electron chi connectivity index (χ1n) is 11.1. The van der Waals surface area contributed by atoms with E-state index in [0.29, 0.717) is 5.41 Å². The Hall–Kier alpha value is -0.0400. The fourth-order valence-corrected chi connectivity index (χ4v) is 8.20. The Morgan fingerprint density at radius 3 is 2.38 bits per heavy atom. The van der Waals surface area contributed by atoms with Crippen LogP contribution in [0.4, 0.5) is 0 Å². The number of fused-ring (bicyclic) bond motifs is 5. The first-order valence-corrected chi connectivity index (χ1v) is 11.1. The molecule has 0 spiro atoms. The van der Waals surface area contributed by atoms with Crippen molar-refractivity contribution in [2.45, 2.75) is 98.0 Å². The Balaban J connectivity index is 1.59. The lowest BCUT2D eigenvalue weighted by molar-refractivity contribution is -0.131. The third kappa shape index (κ3) is 2.36. The van der Waals surface area contributed by atoms with Gasteiger partial charge in [0.15, 0.2) is 0 Å². The summed E-state index contributed by atoms with van der Waals surface area (Å²) in [4.78, 5) is 0. The molecule has 1 N–H and O–H groups in total. The van der Waals surface area contributed by atoms with Crippen LogP contribution in [0.15, 0.2) is 0 Å². The summed E-state index contributed by atoms with van der Waals surface area (Å²) in [6.07, 6.45) is 13.8. The van der Waals surface area contributed by atoms with Crippen LogP contribution in [0.1, 0.15) is 91.9 Å². The molecule has 1 nitrogen and oxygen atoms in total. The minimum absolute atomic E-state index is 0.0202. The van der Waals surface area contributed by atoms with E-state index in [1.807, 2.05) is 0 Å². The quantitative estimate of drug-likeness (QED) is 0.652. The van der Waals surface area contributed by atoms with Gasteiger partial charge in [0.25, 0.3) is 0 Å². The molecule has 0 amide bonds. The van der Waals surface area contributed by atoms with Crippen LogP contribution in [-0.4, -0.2) is 11.2 Å². The highest BCUT2D eigenvalue weighted by molar-refractivity contribution is 5.09. The molecule has 4 saturated carbocycles. The van der Waals surface area contributed by atoms with E-state index in [1.54, 1.807) is 0 Å². The highest BCUT2D eigenvalue weighted by Gasteiger charge is 2.60. The maximum atomic E-state index is 10.6. The number of aliphatic hydroxyl groups is 1. The minimum Gasteiger partial charge on any atom is -0.393 e. The third-order valence-electron chi connectivity index (χ3n) is 10.1. The molecule has 0 saturated heterocycles. The lowest BCUT2D eigenvalue weighted by atomic mass is 9.44. The van der Waals surface area contributed by atoms with Gasteiger partial charge in [0, 0.05) is 0 Å². The Bertz CT molecular complexity index is 473. The van der Waals surface area contributed by atoms with Gasteiger partial charge < -0.3 is 5.11 Å². The topological polar surface area (TPSA) is 20.2 Å². The van der Waals surface area contributed by atoms with E-state index < -0.39 is 0 Å². The Labute approximate surface area is 150 Å². The van der Waals surface area contributed by atoms with Gasteiger partial charge in [-0.15, -0.1) is 0 Å². The molecule has 4 aliphatic rings. The normalized spacial score (nSPS) is 55.4. The molecule has 0 aromatic carbocycles. The van der Waals surface area contributed by atoms with E-state index in [1.165, 1.54) is 57.8 Å². The molecule has 138 valence electrons. The van der Waals surface area contributed by atoms with Gasteiger partial charge >= 0.3 is 0 Å². The maximum Gasteiger partial charge on any atom is 0.0596 e. The van der Waals surface area contributed by atoms with Crippen molar-refractivity contribution in [1.29, 1.82) is 0 Å². The van der Waals surface area contributed by atoms with Crippen molar-refractivity contribution in [3.63, 3.8) is 0 Å². The fourth-order valence-electron chi connectivity index (χ4n) is 8.20. The van der Waals surface area contributed by atoms with Crippen LogP contribution in [0.25, 0.3) is 0 Å². The number of aliphatic hydroxyl groups excluding tert-OH is 1. The summed E-state index contributed by atoms with van der Waals surface area (Å²) in [7, 11) is 0. The molecule has 0 radical (unpaired) electrons. The largest absolute Gasteiger partial charge is 0.393 e. The Morgan fingerprint density at radius 2 is 1.62 bits per heavy atom. The molecule has 4 rings (SSSR count). The van der Waals surface area contributed by atoms with Gasteiger partial charge in [0.05, 0.1) is 6.10 Å². The van der Waals surface area contributed by atoms with Crippen LogP contribution in [0, 0.1) is 46.3 Å². The van der Waals surface area contributed by atoms with Gasteiger partial charge in [-0.2, -0.15) is 0 Å². The third-order valence-corrected chi connectivity index (χ3v) is 10.1. The first-order chi connectivity index (χ1) is 11.4. The average molecular weight is 333 g/mol. The molecule has 4 aliphatic carbocycles. The molecule has 4 fully saturated rings. The molecule has 1 heteroatoms. The smallest absolute Gasteiger partial charge is 0.0596 e. The summed E-state index contributed by atoms with van der Waals surface area (Å²) in [5, 5.41) is 10.6. The SMILES string of the molecule is CCC(C)C1CCC2CCC3C4CCC(O)C4(C)CCC3C2(C)C1. The van der Waals surface area contributed by atoms with Crippen molar-refractivity contribution in [1.82, 2.24) is 0 Å². The summed E-state index contributed by atoms with van der Waals surface area (Å²) in [6.45, 7) is 9.99. The zero-order chi connectivity index (χ0) is 17.1. The second-order valence-electron chi connectivity index (χ2n) is 10.7. The van der Waals surface area contributed by atoms with Gasteiger partial charge in [0.1, 0.15) is 0 Å². The molecule has 0 aromatic rings. The van der Waals surface area contributed by atoms with Crippen LogP contribution in [0.2, 0.25) is 0 Å². The number of hydrogen-bond acceptors (Lipinski definition) is 1. The minimum atomic E-state index is -0.0202. The highest BCUT2D eigenvalue weighted by Crippen LogP contribution is 2.67. The predicted octanol–water partition coefficient (Wildman–Crippen LogP) is 6.05. The predicted molar refractivity (Wildman–Crippen MR) is 101 cm³/mol. The van der Waals surface area contributed by atoms with Crippen molar-refractivity contribution in [2.24, 2.45) is 46.3 Å². The van der Waals surface area contributed by atoms with Gasteiger partial charge in [-0.1, -0.05) is 34.1 Å². The van der Waals surface area contributed by atoms with E-state index in [2.05, 4.69) is 27.7 Å². The van der Waals surface area contributed by atoms with Crippen molar-refractivity contribution in [2.75, 3.05) is 0 Å². The second-order valence-corrected chi connectivity index (χ2v) is 10.7. The molecule has 0 aromatic heterocycles. The standard InChI is InChI=1S/C23H40O/c1-5-15(2)16-6-7-17-8-9-18-19-10-11-21(24)22(19,3)13-12-20(18)23(17,4)14-16/h15-21,24H,5-14H2,1-4H3. The molecule has 9 unspecified atom stereocenters. The summed E-state index contributed by atoms with van der Waals surface area (Å²) >= 11 is 0. The van der Waals surface area contributed by atoms with Gasteiger partial charge in [-0.3, -0.25) is 0 Å². The van der Waals surface area contributed by atoms with E-state index in [9.17, 15) is 5.11 Å². The van der Waals surface area contributed by atoms with Crippen LogP contribution >= 0.6 is 0 Å². The first kappa shape index (κ1) is 17.4. The molecular formula is C23H40O. The summed E-state index contributed by atoms with van der Waals surface area (Å²) < 4.78 is 0. The lowest BCUT2D eigenvalue weighted by Gasteiger charge is -2.61. The molecule has 0 bridgehead atoms. The lowest BCUT2D eigenvalue weighted by Crippen LogP contribution is -2.54. The van der Waals surface area contributed by atoms with Crippen LogP contribution in [-0.2, 0) is 0 Å². The van der Waals surface area contributed by atoms with Gasteiger partial charge in [-0.25, -0.2) is 0 Å². The number of rotatable bonds is 2. The Morgan fingerprint density at radius 1 is 0.917 bits per heavy atom. The zero-order valence-corrected chi connectivity index (χ0v) is 16.6. The van der Waals surface area contributed by atoms with E-state index in [-0.39, 0.29) is 11.5 Å². The molecule has 0 heterocycles. The summed E-state index contributed by atoms with van der Waals surface area (Å²) in [5.41, 5.74) is 0.847. The summed E-state index contributed by atoms with van der Waals surface area (Å²) in [6, 6.07) is 0. The second kappa shape index (κ2) is 6.00. The van der Waals surface area contributed by atoms with Crippen molar-refractivity contribution in [3.05, 3.63) is 0 Å². The van der Waals surface area contributed by atoms with Gasteiger partial charge in [-0.05, 0) is 104 Å². The van der Waals surface area contributed by atoms with Crippen molar-refractivity contribution < 1.29 is 5.11 Å². The fraction of sp³-hybridized carbons (Fsp3) is 1.00. The zero-order valence-electron chi connectivity index (χ0n) is 16.6. The highest BCUT2D eigenvalue weighted by atomic mass is 16.3. The van der Waals surface area contributed by atoms with E-state index in [4.69, 9.17) is 0 Å². The van der Waals surface area contributed by atoms with Gasteiger partial charge in [0.2, 0.25) is 0 Å². The molecular weight excluding hydrogens is 292 g/mol. The Kier molecular flexibility index (Phi) is 4.34. The van der Waals surface area contributed by atoms with Crippen molar-refractivity contribution in [3.8, 4) is 0 Å². The average Bonchev–Trinajstić information content (AvgIpc) is 2.88. The van der Waals surface area contributed by atoms with E-state index >= 15 is 0 Å². The van der Waals surface area contributed by atoms with Crippen LogP contribution in [0.3, 0.4) is 0 Å². The van der Waals surface area contributed by atoms with Crippen molar-refractivity contribution >= 4 is 0 Å². The van der Waals surface area contributed by atoms with Crippen LogP contribution in [0.5, 0.6) is 0 Å². The maximum absolute atomic E-state index is 10.6. The monoisotopic (exact) mass is 332 g/mol. The molecule has 9 atom stereocenters. The van der Waals surface area contributed by atoms with E-state index in [0.717, 1.165) is 41.9 Å². The summed E-state index contributed by atoms with van der Waals surface area (Å²) in [5.74, 6) is 5.55. The van der Waals surface area contributed by atoms with Crippen LogP contribution < -0.4 is 0 Å². The molecule has 24 heavy (non-hydrogen) atoms. The number of hydrogen-bond donors (Lipinski definition) is 1. The molecule has 0 aliphatic heterocycles.